The Morgan fingerprint density at radius 2 is 1.69 bits per heavy atom. The first-order chi connectivity index (χ1) is 14.2. The highest BCUT2D eigenvalue weighted by Crippen LogP contribution is 2.52. The number of thiophene rings is 1. The van der Waals surface area contributed by atoms with Gasteiger partial charge in [0.25, 0.3) is 0 Å². The van der Waals surface area contributed by atoms with Crippen LogP contribution in [0.5, 0.6) is 0 Å². The highest BCUT2D eigenvalue weighted by atomic mass is 35.5. The summed E-state index contributed by atoms with van der Waals surface area (Å²) in [5, 5.41) is 1.20. The average Bonchev–Trinajstić information content (AvgIpc) is 3.36. The van der Waals surface area contributed by atoms with E-state index in [1.807, 2.05) is 12.1 Å². The van der Waals surface area contributed by atoms with E-state index in [1.165, 1.54) is 51.7 Å². The number of likely N-dealkylation sites (tertiary alicyclic amines) is 1. The van der Waals surface area contributed by atoms with Crippen molar-refractivity contribution in [3.63, 3.8) is 0 Å². The maximum absolute atomic E-state index is 6.38. The normalized spacial score (nSPS) is 15.7. The van der Waals surface area contributed by atoms with Crippen molar-refractivity contribution < 1.29 is 4.74 Å². The van der Waals surface area contributed by atoms with Gasteiger partial charge in [0.05, 0.1) is 23.3 Å². The predicted molar refractivity (Wildman–Crippen MR) is 125 cm³/mol. The van der Waals surface area contributed by atoms with E-state index < -0.39 is 0 Å². The number of hydrogen-bond donors (Lipinski definition) is 0. The molecule has 2 nitrogen and oxygen atoms in total. The third kappa shape index (κ3) is 4.12. The third-order valence-corrected chi connectivity index (χ3v) is 8.44. The Hall–Kier alpha value is -1.01. The van der Waals surface area contributed by atoms with E-state index in [2.05, 4.69) is 35.2 Å². The van der Waals surface area contributed by atoms with Gasteiger partial charge in [-0.15, -0.1) is 11.3 Å². The lowest BCUT2D eigenvalue weighted by Crippen LogP contribution is -2.23. The summed E-state index contributed by atoms with van der Waals surface area (Å²) in [5.41, 5.74) is 3.67. The second-order valence-electron chi connectivity index (χ2n) is 7.42. The molecule has 0 aliphatic carbocycles. The van der Waals surface area contributed by atoms with Crippen LogP contribution in [0.3, 0.4) is 0 Å². The van der Waals surface area contributed by atoms with Gasteiger partial charge in [-0.3, -0.25) is 0 Å². The standard InChI is InChI=1S/C23H21Cl2NOS2/c24-19-12-18-22(13-20(19)25)29-21-6-2-1-5-16(21)17-11-15(28-23(17)18)14-27-10-9-26-7-3-4-8-26/h1-2,5-6,11-13H,3-4,7-10,14H2. The Bertz CT molecular complexity index is 1040. The lowest BCUT2D eigenvalue weighted by molar-refractivity contribution is 0.101. The number of ether oxygens (including phenoxy) is 1. The monoisotopic (exact) mass is 461 g/mol. The number of benzene rings is 2. The number of nitrogens with zero attached hydrogens (tertiary/aromatic N) is 1. The lowest BCUT2D eigenvalue weighted by atomic mass is 10.0. The fraction of sp³-hybridized carbons (Fsp3) is 0.304. The minimum absolute atomic E-state index is 0.597. The van der Waals surface area contributed by atoms with Gasteiger partial charge in [0.1, 0.15) is 0 Å². The molecule has 2 aromatic carbocycles. The van der Waals surface area contributed by atoms with E-state index in [1.54, 1.807) is 23.1 Å². The number of rotatable bonds is 5. The molecule has 0 radical (unpaired) electrons. The van der Waals surface area contributed by atoms with Crippen molar-refractivity contribution in [2.24, 2.45) is 0 Å². The molecule has 0 bridgehead atoms. The van der Waals surface area contributed by atoms with Crippen molar-refractivity contribution in [1.82, 2.24) is 4.90 Å². The molecule has 0 N–H and O–H groups in total. The molecule has 1 saturated heterocycles. The van der Waals surface area contributed by atoms with Crippen LogP contribution in [0.1, 0.15) is 17.7 Å². The molecule has 150 valence electrons. The van der Waals surface area contributed by atoms with Gasteiger partial charge in [0.2, 0.25) is 0 Å². The second-order valence-corrected chi connectivity index (χ2v) is 10.5. The summed E-state index contributed by atoms with van der Waals surface area (Å²) in [6.07, 6.45) is 2.64. The molecule has 0 amide bonds. The zero-order valence-corrected chi connectivity index (χ0v) is 19.1. The Morgan fingerprint density at radius 1 is 0.897 bits per heavy atom. The molecule has 6 heteroatoms. The Morgan fingerprint density at radius 3 is 2.55 bits per heavy atom. The lowest BCUT2D eigenvalue weighted by Gasteiger charge is -2.13. The van der Waals surface area contributed by atoms with Gasteiger partial charge in [0, 0.05) is 37.2 Å². The van der Waals surface area contributed by atoms with Crippen LogP contribution in [0.15, 0.2) is 52.3 Å². The van der Waals surface area contributed by atoms with Crippen molar-refractivity contribution in [3.8, 4) is 21.6 Å². The number of hydrogen-bond acceptors (Lipinski definition) is 4. The van der Waals surface area contributed by atoms with Gasteiger partial charge < -0.3 is 9.64 Å². The summed E-state index contributed by atoms with van der Waals surface area (Å²) in [4.78, 5) is 7.36. The number of fused-ring (bicyclic) bond motifs is 5. The Balaban J connectivity index is 1.45. The molecule has 3 aromatic rings. The Kier molecular flexibility index (Phi) is 5.92. The van der Waals surface area contributed by atoms with Crippen LogP contribution < -0.4 is 0 Å². The maximum Gasteiger partial charge on any atom is 0.0810 e. The predicted octanol–water partition coefficient (Wildman–Crippen LogP) is 7.47. The summed E-state index contributed by atoms with van der Waals surface area (Å²) in [6.45, 7) is 4.89. The fourth-order valence-corrected chi connectivity index (χ4v) is 6.69. The van der Waals surface area contributed by atoms with E-state index in [9.17, 15) is 0 Å². The van der Waals surface area contributed by atoms with Crippen molar-refractivity contribution in [2.45, 2.75) is 29.2 Å². The summed E-state index contributed by atoms with van der Waals surface area (Å²) in [6, 6.07) is 14.8. The van der Waals surface area contributed by atoms with Crippen LogP contribution in [0, 0.1) is 0 Å². The minimum atomic E-state index is 0.597. The number of halogens is 2. The van der Waals surface area contributed by atoms with Crippen molar-refractivity contribution in [3.05, 3.63) is 57.4 Å². The SMILES string of the molecule is Clc1cc2c(cc1Cl)-c1sc(COCCN3CCCC3)cc1-c1ccccc1S2. The van der Waals surface area contributed by atoms with Gasteiger partial charge in [-0.2, -0.15) is 0 Å². The molecule has 2 aliphatic rings. The van der Waals surface area contributed by atoms with E-state index in [-0.39, 0.29) is 0 Å². The smallest absolute Gasteiger partial charge is 0.0810 e. The van der Waals surface area contributed by atoms with Gasteiger partial charge in [-0.1, -0.05) is 53.2 Å². The summed E-state index contributed by atoms with van der Waals surface area (Å²) in [5.74, 6) is 0. The quantitative estimate of drug-likeness (QED) is 0.286. The van der Waals surface area contributed by atoms with E-state index >= 15 is 0 Å². The summed E-state index contributed by atoms with van der Waals surface area (Å²) < 4.78 is 6.03. The van der Waals surface area contributed by atoms with Gasteiger partial charge in [0.15, 0.2) is 0 Å². The van der Waals surface area contributed by atoms with E-state index in [0.29, 0.717) is 16.7 Å². The highest BCUT2D eigenvalue weighted by molar-refractivity contribution is 7.99. The molecule has 1 aromatic heterocycles. The van der Waals surface area contributed by atoms with Crippen LogP contribution in [0.2, 0.25) is 10.0 Å². The Labute approximate surface area is 189 Å². The van der Waals surface area contributed by atoms with Crippen LogP contribution in [0.25, 0.3) is 21.6 Å². The minimum Gasteiger partial charge on any atom is -0.375 e. The second kappa shape index (κ2) is 8.62. The van der Waals surface area contributed by atoms with Crippen molar-refractivity contribution in [2.75, 3.05) is 26.2 Å². The zero-order chi connectivity index (χ0) is 19.8. The molecule has 1 fully saturated rings. The third-order valence-electron chi connectivity index (χ3n) is 5.44. The summed E-state index contributed by atoms with van der Waals surface area (Å²) >= 11 is 16.3. The molecule has 2 aliphatic heterocycles. The highest BCUT2D eigenvalue weighted by Gasteiger charge is 2.23. The van der Waals surface area contributed by atoms with Crippen LogP contribution in [-0.4, -0.2) is 31.1 Å². The van der Waals surface area contributed by atoms with Crippen LogP contribution in [0.4, 0.5) is 0 Å². The van der Waals surface area contributed by atoms with Gasteiger partial charge in [-0.25, -0.2) is 0 Å². The topological polar surface area (TPSA) is 12.5 Å². The largest absolute Gasteiger partial charge is 0.375 e. The molecule has 0 atom stereocenters. The molecule has 3 heterocycles. The zero-order valence-electron chi connectivity index (χ0n) is 15.9. The first-order valence-corrected chi connectivity index (χ1v) is 12.3. The first kappa shape index (κ1) is 19.9. The fourth-order valence-electron chi connectivity index (χ4n) is 3.97. The molecular weight excluding hydrogens is 441 g/mol. The molecule has 29 heavy (non-hydrogen) atoms. The first-order valence-electron chi connectivity index (χ1n) is 9.88. The molecule has 0 saturated carbocycles. The van der Waals surface area contributed by atoms with Crippen molar-refractivity contribution >= 4 is 46.3 Å². The van der Waals surface area contributed by atoms with Crippen molar-refractivity contribution in [1.29, 1.82) is 0 Å². The van der Waals surface area contributed by atoms with Crippen LogP contribution >= 0.6 is 46.3 Å². The average molecular weight is 462 g/mol. The van der Waals surface area contributed by atoms with E-state index in [4.69, 9.17) is 27.9 Å². The summed E-state index contributed by atoms with van der Waals surface area (Å²) in [7, 11) is 0. The molecular formula is C23H21Cl2NOS2. The molecule has 0 unspecified atom stereocenters. The maximum atomic E-state index is 6.38. The molecule has 5 rings (SSSR count). The van der Waals surface area contributed by atoms with Crippen LogP contribution in [-0.2, 0) is 11.3 Å². The van der Waals surface area contributed by atoms with Gasteiger partial charge in [-0.05, 0) is 55.8 Å². The van der Waals surface area contributed by atoms with Gasteiger partial charge >= 0.3 is 0 Å². The van der Waals surface area contributed by atoms with E-state index in [0.717, 1.165) is 23.6 Å². The molecule has 0 spiro atoms.